The lowest BCUT2D eigenvalue weighted by molar-refractivity contribution is -0.118. The molecule has 1 aliphatic heterocycles. The lowest BCUT2D eigenvalue weighted by Gasteiger charge is -2.05. The lowest BCUT2D eigenvalue weighted by atomic mass is 10.1. The topological polar surface area (TPSA) is 82.2 Å². The summed E-state index contributed by atoms with van der Waals surface area (Å²) in [5.74, 6) is 0.585. The fraction of sp³-hybridized carbons (Fsp3) is 0.286. The second-order valence-corrected chi connectivity index (χ2v) is 4.79. The summed E-state index contributed by atoms with van der Waals surface area (Å²) < 4.78 is 6.99. The first-order valence-electron chi connectivity index (χ1n) is 6.50. The molecule has 0 atom stereocenters. The number of rotatable bonds is 5. The van der Waals surface area contributed by atoms with Gasteiger partial charge in [0.25, 0.3) is 0 Å². The quantitative estimate of drug-likeness (QED) is 0.847. The fourth-order valence-corrected chi connectivity index (χ4v) is 2.25. The van der Waals surface area contributed by atoms with Crippen LogP contribution in [0.15, 0.2) is 30.6 Å². The standard InChI is InChI=1S/C14H16N4O2/c15-14(19)9-18-8-12(7-17-18)16-6-10-1-2-13-11(5-10)3-4-20-13/h1-2,5,7-8,16H,3-4,6,9H2,(H2,15,19). The third-order valence-electron chi connectivity index (χ3n) is 3.20. The number of carbonyl (C=O) groups is 1. The zero-order valence-electron chi connectivity index (χ0n) is 11.0. The first-order valence-corrected chi connectivity index (χ1v) is 6.50. The molecule has 0 bridgehead atoms. The van der Waals surface area contributed by atoms with E-state index in [1.165, 1.54) is 15.8 Å². The van der Waals surface area contributed by atoms with Gasteiger partial charge in [-0.1, -0.05) is 12.1 Å². The monoisotopic (exact) mass is 272 g/mol. The van der Waals surface area contributed by atoms with Crippen molar-refractivity contribution in [2.75, 3.05) is 11.9 Å². The number of carbonyl (C=O) groups excluding carboxylic acids is 1. The highest BCUT2D eigenvalue weighted by Gasteiger charge is 2.11. The number of fused-ring (bicyclic) bond motifs is 1. The molecular weight excluding hydrogens is 256 g/mol. The van der Waals surface area contributed by atoms with Crippen LogP contribution in [0, 0.1) is 0 Å². The zero-order chi connectivity index (χ0) is 13.9. The number of hydrogen-bond acceptors (Lipinski definition) is 4. The second-order valence-electron chi connectivity index (χ2n) is 4.79. The molecule has 0 fully saturated rings. The van der Waals surface area contributed by atoms with E-state index in [1.54, 1.807) is 12.4 Å². The first kappa shape index (κ1) is 12.5. The van der Waals surface area contributed by atoms with Crippen LogP contribution in [0.4, 0.5) is 5.69 Å². The van der Waals surface area contributed by atoms with Gasteiger partial charge in [0.1, 0.15) is 12.3 Å². The van der Waals surface area contributed by atoms with Crippen molar-refractivity contribution >= 4 is 11.6 Å². The van der Waals surface area contributed by atoms with E-state index in [0.29, 0.717) is 6.54 Å². The predicted octanol–water partition coefficient (Wildman–Crippen LogP) is 0.915. The van der Waals surface area contributed by atoms with E-state index >= 15 is 0 Å². The van der Waals surface area contributed by atoms with Gasteiger partial charge in [0.05, 0.1) is 18.5 Å². The molecule has 6 heteroatoms. The van der Waals surface area contributed by atoms with Crippen molar-refractivity contribution in [1.29, 1.82) is 0 Å². The van der Waals surface area contributed by atoms with Gasteiger partial charge in [-0.15, -0.1) is 0 Å². The van der Waals surface area contributed by atoms with Crippen LogP contribution in [0.2, 0.25) is 0 Å². The van der Waals surface area contributed by atoms with E-state index in [-0.39, 0.29) is 6.54 Å². The Kier molecular flexibility index (Phi) is 3.28. The molecule has 1 aromatic carbocycles. The number of anilines is 1. The second kappa shape index (κ2) is 5.24. The van der Waals surface area contributed by atoms with Gasteiger partial charge in [0.2, 0.25) is 5.91 Å². The van der Waals surface area contributed by atoms with Crippen molar-refractivity contribution in [3.63, 3.8) is 0 Å². The Morgan fingerprint density at radius 3 is 3.25 bits per heavy atom. The predicted molar refractivity (Wildman–Crippen MR) is 74.4 cm³/mol. The van der Waals surface area contributed by atoms with Crippen molar-refractivity contribution in [3.8, 4) is 5.75 Å². The Labute approximate surface area is 116 Å². The van der Waals surface area contributed by atoms with Gasteiger partial charge in [0.15, 0.2) is 0 Å². The summed E-state index contributed by atoms with van der Waals surface area (Å²) >= 11 is 0. The van der Waals surface area contributed by atoms with Gasteiger partial charge < -0.3 is 15.8 Å². The fourth-order valence-electron chi connectivity index (χ4n) is 2.25. The molecule has 3 rings (SSSR count). The molecular formula is C14H16N4O2. The summed E-state index contributed by atoms with van der Waals surface area (Å²) in [5, 5.41) is 7.33. The number of aromatic nitrogens is 2. The number of primary amides is 1. The molecule has 1 aliphatic rings. The Balaban J connectivity index is 1.61. The van der Waals surface area contributed by atoms with Crippen molar-refractivity contribution < 1.29 is 9.53 Å². The Morgan fingerprint density at radius 1 is 1.50 bits per heavy atom. The van der Waals surface area contributed by atoms with Crippen LogP contribution in [0.25, 0.3) is 0 Å². The maximum atomic E-state index is 10.8. The van der Waals surface area contributed by atoms with Crippen LogP contribution < -0.4 is 15.8 Å². The first-order chi connectivity index (χ1) is 9.70. The van der Waals surface area contributed by atoms with Gasteiger partial charge >= 0.3 is 0 Å². The van der Waals surface area contributed by atoms with Crippen LogP contribution in [0.1, 0.15) is 11.1 Å². The molecule has 3 N–H and O–H groups in total. The molecule has 0 aliphatic carbocycles. The van der Waals surface area contributed by atoms with Crippen LogP contribution >= 0.6 is 0 Å². The molecule has 2 heterocycles. The number of nitrogens with zero attached hydrogens (tertiary/aromatic N) is 2. The van der Waals surface area contributed by atoms with Crippen molar-refractivity contribution in [2.45, 2.75) is 19.5 Å². The van der Waals surface area contributed by atoms with Gasteiger partial charge in [-0.3, -0.25) is 9.48 Å². The van der Waals surface area contributed by atoms with E-state index in [9.17, 15) is 4.79 Å². The number of hydrogen-bond donors (Lipinski definition) is 2. The molecule has 1 aromatic heterocycles. The molecule has 6 nitrogen and oxygen atoms in total. The smallest absolute Gasteiger partial charge is 0.239 e. The van der Waals surface area contributed by atoms with Gasteiger partial charge in [-0.25, -0.2) is 0 Å². The van der Waals surface area contributed by atoms with Crippen molar-refractivity contribution in [2.24, 2.45) is 5.73 Å². The minimum Gasteiger partial charge on any atom is -0.493 e. The molecule has 0 radical (unpaired) electrons. The molecule has 0 saturated carbocycles. The zero-order valence-corrected chi connectivity index (χ0v) is 11.0. The average Bonchev–Trinajstić information content (AvgIpc) is 3.03. The molecule has 2 aromatic rings. The van der Waals surface area contributed by atoms with E-state index in [1.807, 2.05) is 12.1 Å². The number of benzene rings is 1. The number of nitrogens with two attached hydrogens (primary N) is 1. The maximum Gasteiger partial charge on any atom is 0.239 e. The van der Waals surface area contributed by atoms with E-state index < -0.39 is 5.91 Å². The minimum atomic E-state index is -0.404. The summed E-state index contributed by atoms with van der Waals surface area (Å²) in [4.78, 5) is 10.8. The van der Waals surface area contributed by atoms with Crippen molar-refractivity contribution in [1.82, 2.24) is 9.78 Å². The Hall–Kier alpha value is -2.50. The van der Waals surface area contributed by atoms with E-state index in [2.05, 4.69) is 16.5 Å². The Bertz CT molecular complexity index is 636. The summed E-state index contributed by atoms with van der Waals surface area (Å²) in [6, 6.07) is 6.21. The van der Waals surface area contributed by atoms with Crippen LogP contribution in [-0.4, -0.2) is 22.3 Å². The van der Waals surface area contributed by atoms with E-state index in [4.69, 9.17) is 10.5 Å². The summed E-state index contributed by atoms with van der Waals surface area (Å²) in [7, 11) is 0. The van der Waals surface area contributed by atoms with Crippen molar-refractivity contribution in [3.05, 3.63) is 41.7 Å². The highest BCUT2D eigenvalue weighted by Crippen LogP contribution is 2.26. The summed E-state index contributed by atoms with van der Waals surface area (Å²) in [6.07, 6.45) is 4.42. The highest BCUT2D eigenvalue weighted by atomic mass is 16.5. The summed E-state index contributed by atoms with van der Waals surface area (Å²) in [6.45, 7) is 1.57. The van der Waals surface area contributed by atoms with Gasteiger partial charge in [-0.2, -0.15) is 5.10 Å². The largest absolute Gasteiger partial charge is 0.493 e. The number of ether oxygens (including phenoxy) is 1. The van der Waals surface area contributed by atoms with E-state index in [0.717, 1.165) is 24.5 Å². The van der Waals surface area contributed by atoms with Gasteiger partial charge in [0, 0.05) is 19.2 Å². The summed E-state index contributed by atoms with van der Waals surface area (Å²) in [5.41, 5.74) is 8.43. The number of nitrogens with one attached hydrogen (secondary N) is 1. The average molecular weight is 272 g/mol. The SMILES string of the molecule is NC(=O)Cn1cc(NCc2ccc3c(c2)CCO3)cn1. The van der Waals surface area contributed by atoms with Crippen LogP contribution in [-0.2, 0) is 24.3 Å². The molecule has 0 spiro atoms. The van der Waals surface area contributed by atoms with Crippen LogP contribution in [0.5, 0.6) is 5.75 Å². The lowest BCUT2D eigenvalue weighted by Crippen LogP contribution is -2.18. The van der Waals surface area contributed by atoms with Gasteiger partial charge in [-0.05, 0) is 17.2 Å². The normalized spacial score (nSPS) is 12.8. The Morgan fingerprint density at radius 2 is 2.40 bits per heavy atom. The molecule has 20 heavy (non-hydrogen) atoms. The van der Waals surface area contributed by atoms with Crippen LogP contribution in [0.3, 0.4) is 0 Å². The third-order valence-corrected chi connectivity index (χ3v) is 3.20. The highest BCUT2D eigenvalue weighted by molar-refractivity contribution is 5.73. The molecule has 0 unspecified atom stereocenters. The molecule has 1 amide bonds. The molecule has 104 valence electrons. The minimum absolute atomic E-state index is 0.0951. The maximum absolute atomic E-state index is 10.8. The number of amides is 1. The third kappa shape index (κ3) is 2.74. The molecule has 0 saturated heterocycles.